The molecule has 22 heavy (non-hydrogen) atoms. The first-order chi connectivity index (χ1) is 10.2. The number of halogens is 2. The van der Waals surface area contributed by atoms with Crippen LogP contribution in [-0.4, -0.2) is 36.2 Å². The number of carbonyl (C=O) groups is 1. The topological polar surface area (TPSA) is 41.6 Å². The van der Waals surface area contributed by atoms with E-state index in [-0.39, 0.29) is 6.09 Å². The Morgan fingerprint density at radius 3 is 2.68 bits per heavy atom. The Balaban J connectivity index is 2.25. The van der Waals surface area contributed by atoms with Gasteiger partial charge in [0.25, 0.3) is 0 Å². The van der Waals surface area contributed by atoms with Gasteiger partial charge in [-0.15, -0.1) is 11.3 Å². The second kappa shape index (κ2) is 9.11. The number of hydrogen-bond acceptors (Lipinski definition) is 4. The van der Waals surface area contributed by atoms with Gasteiger partial charge < -0.3 is 15.0 Å². The molecule has 0 saturated heterocycles. The van der Waals surface area contributed by atoms with Crippen LogP contribution in [0.4, 0.5) is 4.79 Å². The van der Waals surface area contributed by atoms with Crippen LogP contribution in [0.2, 0.25) is 4.34 Å². The maximum atomic E-state index is 12.0. The highest BCUT2D eigenvalue weighted by molar-refractivity contribution is 9.10. The van der Waals surface area contributed by atoms with Crippen LogP contribution in [0.1, 0.15) is 39.0 Å². The monoisotopic (exact) mass is 410 g/mol. The lowest BCUT2D eigenvalue weighted by atomic mass is 10.2. The molecule has 7 heteroatoms. The zero-order valence-electron chi connectivity index (χ0n) is 13.5. The molecular formula is C15H24BrClN2O2S. The summed E-state index contributed by atoms with van der Waals surface area (Å²) in [5.41, 5.74) is -0.450. The fourth-order valence-corrected chi connectivity index (χ4v) is 3.55. The Kier molecular flexibility index (Phi) is 8.17. The average molecular weight is 412 g/mol. The fourth-order valence-electron chi connectivity index (χ4n) is 1.79. The van der Waals surface area contributed by atoms with E-state index in [0.29, 0.717) is 13.1 Å². The van der Waals surface area contributed by atoms with E-state index in [9.17, 15) is 4.79 Å². The standard InChI is InChI=1S/C15H24BrClN2O2S/c1-5-19(14(20)21-15(2,3)4)8-6-7-18-10-11-9-12(16)13(17)22-11/h9,18H,5-8,10H2,1-4H3. The normalized spacial score (nSPS) is 11.5. The molecule has 0 aliphatic rings. The summed E-state index contributed by atoms with van der Waals surface area (Å²) in [7, 11) is 0. The molecule has 0 aromatic carbocycles. The quantitative estimate of drug-likeness (QED) is 0.649. The van der Waals surface area contributed by atoms with Crippen molar-refractivity contribution in [1.29, 1.82) is 0 Å². The smallest absolute Gasteiger partial charge is 0.410 e. The number of carbonyl (C=O) groups excluding carboxylic acids is 1. The number of hydrogen-bond donors (Lipinski definition) is 1. The molecule has 0 saturated carbocycles. The van der Waals surface area contributed by atoms with Gasteiger partial charge in [-0.2, -0.15) is 0 Å². The lowest BCUT2D eigenvalue weighted by Crippen LogP contribution is -2.38. The number of nitrogens with zero attached hydrogens (tertiary/aromatic N) is 1. The van der Waals surface area contributed by atoms with Crippen molar-refractivity contribution in [2.45, 2.75) is 46.3 Å². The molecule has 0 aliphatic carbocycles. The average Bonchev–Trinajstić information content (AvgIpc) is 2.70. The summed E-state index contributed by atoms with van der Waals surface area (Å²) in [4.78, 5) is 14.9. The second-order valence-corrected chi connectivity index (χ2v) is 8.52. The van der Waals surface area contributed by atoms with Crippen LogP contribution >= 0.6 is 38.9 Å². The number of nitrogens with one attached hydrogen (secondary N) is 1. The SMILES string of the molecule is CCN(CCCNCc1cc(Br)c(Cl)s1)C(=O)OC(C)(C)C. The maximum absolute atomic E-state index is 12.0. The molecule has 0 atom stereocenters. The lowest BCUT2D eigenvalue weighted by Gasteiger charge is -2.26. The third-order valence-electron chi connectivity index (χ3n) is 2.81. The van der Waals surface area contributed by atoms with Gasteiger partial charge in [0.05, 0.1) is 0 Å². The van der Waals surface area contributed by atoms with E-state index in [1.165, 1.54) is 4.88 Å². The zero-order valence-corrected chi connectivity index (χ0v) is 16.7. The van der Waals surface area contributed by atoms with Gasteiger partial charge in [0, 0.05) is 29.0 Å². The molecule has 1 aromatic rings. The molecule has 0 spiro atoms. The number of ether oxygens (including phenoxy) is 1. The van der Waals surface area contributed by atoms with Crippen molar-refractivity contribution in [2.75, 3.05) is 19.6 Å². The van der Waals surface area contributed by atoms with Crippen LogP contribution in [-0.2, 0) is 11.3 Å². The van der Waals surface area contributed by atoms with Crippen molar-refractivity contribution in [3.05, 3.63) is 19.8 Å². The van der Waals surface area contributed by atoms with Crippen LogP contribution in [0.5, 0.6) is 0 Å². The second-order valence-electron chi connectivity index (χ2n) is 5.92. The molecule has 0 radical (unpaired) electrons. The molecule has 0 unspecified atom stereocenters. The maximum Gasteiger partial charge on any atom is 0.410 e. The largest absolute Gasteiger partial charge is 0.444 e. The Labute approximate surface area is 150 Å². The number of thiophene rings is 1. The lowest BCUT2D eigenvalue weighted by molar-refractivity contribution is 0.0258. The molecule has 1 N–H and O–H groups in total. The van der Waals surface area contributed by atoms with Gasteiger partial charge in [0.2, 0.25) is 0 Å². The van der Waals surface area contributed by atoms with Crippen molar-refractivity contribution < 1.29 is 9.53 Å². The minimum atomic E-state index is -0.450. The zero-order chi connectivity index (χ0) is 16.8. The van der Waals surface area contributed by atoms with Crippen molar-refractivity contribution in [2.24, 2.45) is 0 Å². The van der Waals surface area contributed by atoms with Crippen LogP contribution < -0.4 is 5.32 Å². The van der Waals surface area contributed by atoms with E-state index in [0.717, 1.165) is 28.3 Å². The third kappa shape index (κ3) is 7.31. The number of rotatable bonds is 7. The van der Waals surface area contributed by atoms with Crippen LogP contribution in [0.15, 0.2) is 10.5 Å². The minimum absolute atomic E-state index is 0.246. The van der Waals surface area contributed by atoms with E-state index >= 15 is 0 Å². The number of amides is 1. The van der Waals surface area contributed by atoms with Crippen molar-refractivity contribution in [1.82, 2.24) is 10.2 Å². The van der Waals surface area contributed by atoms with Gasteiger partial charge in [-0.25, -0.2) is 4.79 Å². The van der Waals surface area contributed by atoms with Gasteiger partial charge in [0.1, 0.15) is 9.94 Å². The fraction of sp³-hybridized carbons (Fsp3) is 0.667. The summed E-state index contributed by atoms with van der Waals surface area (Å²) >= 11 is 11.0. The van der Waals surface area contributed by atoms with E-state index in [1.54, 1.807) is 16.2 Å². The van der Waals surface area contributed by atoms with E-state index in [2.05, 4.69) is 21.2 Å². The van der Waals surface area contributed by atoms with Gasteiger partial charge in [0.15, 0.2) is 0 Å². The highest BCUT2D eigenvalue weighted by Crippen LogP contribution is 2.31. The highest BCUT2D eigenvalue weighted by Gasteiger charge is 2.20. The first kappa shape index (κ1) is 19.7. The molecule has 1 aromatic heterocycles. The van der Waals surface area contributed by atoms with E-state index in [1.807, 2.05) is 33.8 Å². The first-order valence-electron chi connectivity index (χ1n) is 7.35. The van der Waals surface area contributed by atoms with Gasteiger partial charge >= 0.3 is 6.09 Å². The third-order valence-corrected chi connectivity index (χ3v) is 5.29. The molecule has 4 nitrogen and oxygen atoms in total. The van der Waals surface area contributed by atoms with Crippen LogP contribution in [0, 0.1) is 0 Å². The summed E-state index contributed by atoms with van der Waals surface area (Å²) in [5, 5.41) is 3.36. The van der Waals surface area contributed by atoms with Gasteiger partial charge in [-0.05, 0) is 62.7 Å². The molecule has 0 bridgehead atoms. The molecule has 0 aliphatic heterocycles. The summed E-state index contributed by atoms with van der Waals surface area (Å²) in [6.45, 7) is 10.6. The molecule has 126 valence electrons. The molecular weight excluding hydrogens is 388 g/mol. The Morgan fingerprint density at radius 1 is 1.50 bits per heavy atom. The first-order valence-corrected chi connectivity index (χ1v) is 9.34. The molecule has 1 rings (SSSR count). The van der Waals surface area contributed by atoms with Crippen molar-refractivity contribution in [3.63, 3.8) is 0 Å². The van der Waals surface area contributed by atoms with Crippen molar-refractivity contribution in [3.8, 4) is 0 Å². The predicted octanol–water partition coefficient (Wildman–Crippen LogP) is 4.90. The van der Waals surface area contributed by atoms with E-state index < -0.39 is 5.60 Å². The Bertz CT molecular complexity index is 469. The van der Waals surface area contributed by atoms with Gasteiger partial charge in [-0.1, -0.05) is 11.6 Å². The van der Waals surface area contributed by atoms with Crippen LogP contribution in [0.25, 0.3) is 0 Å². The Hall–Kier alpha value is -0.300. The Morgan fingerprint density at radius 2 is 2.18 bits per heavy atom. The highest BCUT2D eigenvalue weighted by atomic mass is 79.9. The molecule has 1 amide bonds. The molecule has 1 heterocycles. The van der Waals surface area contributed by atoms with Crippen LogP contribution in [0.3, 0.4) is 0 Å². The summed E-state index contributed by atoms with van der Waals surface area (Å²) < 4.78 is 7.10. The minimum Gasteiger partial charge on any atom is -0.444 e. The summed E-state index contributed by atoms with van der Waals surface area (Å²) in [5.74, 6) is 0. The van der Waals surface area contributed by atoms with Gasteiger partial charge in [-0.3, -0.25) is 0 Å². The summed E-state index contributed by atoms with van der Waals surface area (Å²) in [6, 6.07) is 2.03. The van der Waals surface area contributed by atoms with Crippen molar-refractivity contribution >= 4 is 45.0 Å². The van der Waals surface area contributed by atoms with E-state index in [4.69, 9.17) is 16.3 Å². The summed E-state index contributed by atoms with van der Waals surface area (Å²) in [6.07, 6.45) is 0.636. The molecule has 0 fully saturated rings. The predicted molar refractivity (Wildman–Crippen MR) is 96.8 cm³/mol.